The zero-order valence-corrected chi connectivity index (χ0v) is 9.88. The van der Waals surface area contributed by atoms with Gasteiger partial charge in [0.05, 0.1) is 11.9 Å². The van der Waals surface area contributed by atoms with E-state index >= 15 is 0 Å². The van der Waals surface area contributed by atoms with E-state index in [4.69, 9.17) is 5.73 Å². The molecule has 0 aliphatic carbocycles. The Morgan fingerprint density at radius 3 is 2.06 bits per heavy atom. The van der Waals surface area contributed by atoms with E-state index in [0.717, 1.165) is 11.3 Å². The highest BCUT2D eigenvalue weighted by atomic mass is 15.5. The summed E-state index contributed by atoms with van der Waals surface area (Å²) in [7, 11) is 1.96. The average Bonchev–Trinajstić information content (AvgIpc) is 2.40. The Labute approximate surface area is 102 Å². The quantitative estimate of drug-likeness (QED) is 0.622. The molecule has 3 heteroatoms. The molecule has 0 saturated carbocycles. The fraction of sp³-hybridized carbons (Fsp3) is 0.143. The molecule has 17 heavy (non-hydrogen) atoms. The molecule has 3 nitrogen and oxygen atoms in total. The van der Waals surface area contributed by atoms with Crippen molar-refractivity contribution in [3.05, 3.63) is 66.2 Å². The summed E-state index contributed by atoms with van der Waals surface area (Å²) < 4.78 is 0. The summed E-state index contributed by atoms with van der Waals surface area (Å²) in [5, 5.41) is 1.93. The number of nitrogens with two attached hydrogens (primary N) is 1. The molecule has 0 spiro atoms. The first-order valence-corrected chi connectivity index (χ1v) is 5.63. The lowest BCUT2D eigenvalue weighted by molar-refractivity contribution is 0.545. The Kier molecular flexibility index (Phi) is 3.75. The number of hydrogen-bond acceptors (Lipinski definition) is 3. The first-order valence-electron chi connectivity index (χ1n) is 5.63. The van der Waals surface area contributed by atoms with Gasteiger partial charge in [-0.1, -0.05) is 48.5 Å². The van der Waals surface area contributed by atoms with Gasteiger partial charge in [-0.05, 0) is 17.7 Å². The molecule has 2 rings (SSSR count). The largest absolute Gasteiger partial charge is 0.311 e. The van der Waals surface area contributed by atoms with Crippen LogP contribution in [0.15, 0.2) is 60.7 Å². The van der Waals surface area contributed by atoms with Crippen molar-refractivity contribution in [3.63, 3.8) is 0 Å². The molecule has 0 radical (unpaired) electrons. The number of nitrogens with zero attached hydrogens (tertiary/aromatic N) is 1. The standard InChI is InChI=1S/C14H17N3/c1-17(13-10-6-3-7-11-13)16-14(15)12-8-4-2-5-9-12/h2-11,14,16H,15H2,1H3. The maximum absolute atomic E-state index is 6.08. The van der Waals surface area contributed by atoms with Crippen LogP contribution in [-0.4, -0.2) is 7.05 Å². The smallest absolute Gasteiger partial charge is 0.0984 e. The molecule has 3 N–H and O–H groups in total. The van der Waals surface area contributed by atoms with E-state index in [1.807, 2.05) is 72.7 Å². The Morgan fingerprint density at radius 2 is 1.47 bits per heavy atom. The summed E-state index contributed by atoms with van der Waals surface area (Å²) in [6, 6.07) is 20.0. The number of para-hydroxylation sites is 1. The highest BCUT2D eigenvalue weighted by molar-refractivity contribution is 5.44. The SMILES string of the molecule is CN(NC(N)c1ccccc1)c1ccccc1. The van der Waals surface area contributed by atoms with Gasteiger partial charge < -0.3 is 10.7 Å². The van der Waals surface area contributed by atoms with Crippen LogP contribution in [0, 0.1) is 0 Å². The molecule has 88 valence electrons. The minimum absolute atomic E-state index is 0.207. The number of hydrazine groups is 1. The van der Waals surface area contributed by atoms with Gasteiger partial charge in [-0.25, -0.2) is 5.43 Å². The predicted molar refractivity (Wildman–Crippen MR) is 71.4 cm³/mol. The molecule has 0 aromatic heterocycles. The number of nitrogens with one attached hydrogen (secondary N) is 1. The minimum Gasteiger partial charge on any atom is -0.311 e. The van der Waals surface area contributed by atoms with Crippen LogP contribution in [0.2, 0.25) is 0 Å². The van der Waals surface area contributed by atoms with Crippen molar-refractivity contribution in [2.45, 2.75) is 6.17 Å². The zero-order valence-electron chi connectivity index (χ0n) is 9.88. The van der Waals surface area contributed by atoms with Gasteiger partial charge in [0.15, 0.2) is 0 Å². The monoisotopic (exact) mass is 227 g/mol. The van der Waals surface area contributed by atoms with Crippen LogP contribution >= 0.6 is 0 Å². The van der Waals surface area contributed by atoms with Gasteiger partial charge in [-0.2, -0.15) is 0 Å². The summed E-state index contributed by atoms with van der Waals surface area (Å²) in [6.07, 6.45) is -0.207. The van der Waals surface area contributed by atoms with Crippen molar-refractivity contribution in [2.24, 2.45) is 5.73 Å². The second-order valence-corrected chi connectivity index (χ2v) is 3.91. The molecule has 0 aliphatic heterocycles. The van der Waals surface area contributed by atoms with Gasteiger partial charge in [0.2, 0.25) is 0 Å². The third-order valence-electron chi connectivity index (χ3n) is 2.63. The fourth-order valence-corrected chi connectivity index (χ4v) is 1.67. The van der Waals surface area contributed by atoms with Gasteiger partial charge in [-0.3, -0.25) is 0 Å². The molecule has 2 aromatic carbocycles. The predicted octanol–water partition coefficient (Wildman–Crippen LogP) is 2.28. The lowest BCUT2D eigenvalue weighted by Crippen LogP contribution is -2.41. The second-order valence-electron chi connectivity index (χ2n) is 3.91. The number of anilines is 1. The van der Waals surface area contributed by atoms with E-state index in [9.17, 15) is 0 Å². The average molecular weight is 227 g/mol. The van der Waals surface area contributed by atoms with E-state index < -0.39 is 0 Å². The van der Waals surface area contributed by atoms with Crippen LogP contribution in [-0.2, 0) is 0 Å². The van der Waals surface area contributed by atoms with Crippen molar-refractivity contribution < 1.29 is 0 Å². The number of hydrogen-bond donors (Lipinski definition) is 2. The maximum Gasteiger partial charge on any atom is 0.0984 e. The van der Waals surface area contributed by atoms with Crippen molar-refractivity contribution in [1.82, 2.24) is 5.43 Å². The second kappa shape index (κ2) is 5.48. The van der Waals surface area contributed by atoms with Crippen LogP contribution in [0.5, 0.6) is 0 Å². The molecular formula is C14H17N3. The molecule has 0 bridgehead atoms. The Morgan fingerprint density at radius 1 is 0.941 bits per heavy atom. The van der Waals surface area contributed by atoms with Crippen LogP contribution in [0.3, 0.4) is 0 Å². The van der Waals surface area contributed by atoms with Crippen molar-refractivity contribution in [3.8, 4) is 0 Å². The molecule has 1 unspecified atom stereocenters. The van der Waals surface area contributed by atoms with E-state index in [2.05, 4.69) is 5.43 Å². The third-order valence-corrected chi connectivity index (χ3v) is 2.63. The molecular weight excluding hydrogens is 210 g/mol. The molecule has 2 aromatic rings. The van der Waals surface area contributed by atoms with Gasteiger partial charge in [-0.15, -0.1) is 0 Å². The topological polar surface area (TPSA) is 41.3 Å². The first kappa shape index (κ1) is 11.6. The van der Waals surface area contributed by atoms with Crippen LogP contribution in [0.1, 0.15) is 11.7 Å². The lowest BCUT2D eigenvalue weighted by atomic mass is 10.2. The summed E-state index contributed by atoms with van der Waals surface area (Å²) in [6.45, 7) is 0. The molecule has 0 amide bonds. The van der Waals surface area contributed by atoms with Gasteiger partial charge >= 0.3 is 0 Å². The fourth-order valence-electron chi connectivity index (χ4n) is 1.67. The highest BCUT2D eigenvalue weighted by Gasteiger charge is 2.07. The third kappa shape index (κ3) is 3.06. The lowest BCUT2D eigenvalue weighted by Gasteiger charge is -2.25. The van der Waals surface area contributed by atoms with Crippen LogP contribution < -0.4 is 16.2 Å². The minimum atomic E-state index is -0.207. The molecule has 0 aliphatic rings. The zero-order chi connectivity index (χ0) is 12.1. The van der Waals surface area contributed by atoms with E-state index in [0.29, 0.717) is 0 Å². The summed E-state index contributed by atoms with van der Waals surface area (Å²) in [5.74, 6) is 0. The Balaban J connectivity index is 2.02. The molecule has 0 fully saturated rings. The van der Waals surface area contributed by atoms with Crippen LogP contribution in [0.4, 0.5) is 5.69 Å². The van der Waals surface area contributed by atoms with E-state index in [1.165, 1.54) is 0 Å². The van der Waals surface area contributed by atoms with Crippen molar-refractivity contribution in [2.75, 3.05) is 12.1 Å². The number of rotatable bonds is 4. The number of benzene rings is 2. The van der Waals surface area contributed by atoms with Crippen molar-refractivity contribution in [1.29, 1.82) is 0 Å². The van der Waals surface area contributed by atoms with Gasteiger partial charge in [0, 0.05) is 7.05 Å². The summed E-state index contributed by atoms with van der Waals surface area (Å²) >= 11 is 0. The molecule has 0 saturated heterocycles. The summed E-state index contributed by atoms with van der Waals surface area (Å²) in [4.78, 5) is 0. The van der Waals surface area contributed by atoms with Gasteiger partial charge in [0.25, 0.3) is 0 Å². The normalized spacial score (nSPS) is 12.1. The summed E-state index contributed by atoms with van der Waals surface area (Å²) in [5.41, 5.74) is 11.5. The Bertz CT molecular complexity index is 398. The van der Waals surface area contributed by atoms with Crippen LogP contribution in [0.25, 0.3) is 0 Å². The first-order chi connectivity index (χ1) is 8.27. The Hall–Kier alpha value is -1.84. The molecule has 0 heterocycles. The van der Waals surface area contributed by atoms with E-state index in [-0.39, 0.29) is 6.17 Å². The van der Waals surface area contributed by atoms with E-state index in [1.54, 1.807) is 0 Å². The molecule has 1 atom stereocenters. The van der Waals surface area contributed by atoms with Gasteiger partial charge in [0.1, 0.15) is 0 Å². The highest BCUT2D eigenvalue weighted by Crippen LogP contribution is 2.12. The maximum atomic E-state index is 6.08. The van der Waals surface area contributed by atoms with Crippen molar-refractivity contribution >= 4 is 5.69 Å².